The number of benzene rings is 1. The number of carboxylic acids is 2. The Balaban J connectivity index is 2.40. The first-order valence-electron chi connectivity index (χ1n) is 8.87. The predicted octanol–water partition coefficient (Wildman–Crippen LogP) is 3.44. The van der Waals surface area contributed by atoms with Crippen molar-refractivity contribution in [2.24, 2.45) is 0 Å². The number of rotatable bonds is 8. The number of halogens is 1. The van der Waals surface area contributed by atoms with Gasteiger partial charge in [0, 0.05) is 29.4 Å². The number of anilines is 1. The van der Waals surface area contributed by atoms with Crippen LogP contribution in [0.1, 0.15) is 44.6 Å². The summed E-state index contributed by atoms with van der Waals surface area (Å²) >= 11 is 5.61. The minimum Gasteiger partial charge on any atom is -0.478 e. The number of alkyl halides is 1. The van der Waals surface area contributed by atoms with Crippen molar-refractivity contribution in [3.63, 3.8) is 0 Å². The molecule has 0 saturated carbocycles. The number of allylic oxidation sites excluding steroid dienone is 2. The molecule has 0 bridgehead atoms. The summed E-state index contributed by atoms with van der Waals surface area (Å²) in [5, 5.41) is 24.9. The third-order valence-electron chi connectivity index (χ3n) is 4.51. The molecule has 1 heterocycles. The van der Waals surface area contributed by atoms with Crippen molar-refractivity contribution in [3.05, 3.63) is 52.4 Å². The van der Waals surface area contributed by atoms with E-state index < -0.39 is 17.9 Å². The molecule has 7 nitrogen and oxygen atoms in total. The van der Waals surface area contributed by atoms with Crippen molar-refractivity contribution < 1.29 is 24.6 Å². The predicted molar refractivity (Wildman–Crippen MR) is 106 cm³/mol. The van der Waals surface area contributed by atoms with E-state index in [1.165, 1.54) is 0 Å². The Bertz CT molecular complexity index is 824. The Hall–Kier alpha value is -2.80. The summed E-state index contributed by atoms with van der Waals surface area (Å²) in [5.41, 5.74) is 1.67. The first-order chi connectivity index (χ1) is 13.3. The number of dihydropyridines is 1. The zero-order chi connectivity index (χ0) is 20.8. The van der Waals surface area contributed by atoms with Gasteiger partial charge in [0.25, 0.3) is 0 Å². The van der Waals surface area contributed by atoms with Crippen molar-refractivity contribution >= 4 is 35.1 Å². The summed E-state index contributed by atoms with van der Waals surface area (Å²) in [6, 6.07) is 6.61. The lowest BCUT2D eigenvalue weighted by Crippen LogP contribution is -2.31. The molecule has 4 N–H and O–H groups in total. The monoisotopic (exact) mass is 406 g/mol. The standard InChI is InChI=1S/C20H23ClN2O5/c1-11-16(19(25)26)18(17(20(27)28)12(2)22-11)13-6-5-7-14(10-13)23-15(24)8-3-4-9-21/h5-7,10,18,22H,3-4,8-9H2,1-2H3,(H,23,24)(H,25,26)(H,27,28). The number of carboxylic acid groups (broad SMARTS) is 2. The maximum absolute atomic E-state index is 12.1. The summed E-state index contributed by atoms with van der Waals surface area (Å²) in [4.78, 5) is 35.7. The van der Waals surface area contributed by atoms with Gasteiger partial charge in [0.1, 0.15) is 0 Å². The van der Waals surface area contributed by atoms with Crippen molar-refractivity contribution in [1.82, 2.24) is 5.32 Å². The molecule has 0 aromatic heterocycles. The number of hydrogen-bond acceptors (Lipinski definition) is 4. The van der Waals surface area contributed by atoms with Gasteiger partial charge in [-0.2, -0.15) is 0 Å². The van der Waals surface area contributed by atoms with Crippen LogP contribution in [-0.4, -0.2) is 33.9 Å². The molecule has 1 aliphatic heterocycles. The minimum atomic E-state index is -1.20. The lowest BCUT2D eigenvalue weighted by Gasteiger charge is -2.29. The van der Waals surface area contributed by atoms with Crippen LogP contribution in [0.3, 0.4) is 0 Å². The fraction of sp³-hybridized carbons (Fsp3) is 0.350. The lowest BCUT2D eigenvalue weighted by molar-refractivity contribution is -0.133. The van der Waals surface area contributed by atoms with Gasteiger partial charge in [-0.3, -0.25) is 4.79 Å². The maximum Gasteiger partial charge on any atom is 0.334 e. The highest BCUT2D eigenvalue weighted by molar-refractivity contribution is 6.17. The topological polar surface area (TPSA) is 116 Å². The number of hydrogen-bond donors (Lipinski definition) is 4. The van der Waals surface area contributed by atoms with E-state index >= 15 is 0 Å². The van der Waals surface area contributed by atoms with E-state index in [0.717, 1.165) is 6.42 Å². The normalized spacial score (nSPS) is 14.7. The zero-order valence-electron chi connectivity index (χ0n) is 15.7. The molecule has 0 spiro atoms. The highest BCUT2D eigenvalue weighted by atomic mass is 35.5. The quantitative estimate of drug-likeness (QED) is 0.388. The number of amides is 1. The van der Waals surface area contributed by atoms with Gasteiger partial charge in [-0.1, -0.05) is 12.1 Å². The van der Waals surface area contributed by atoms with Gasteiger partial charge in [-0.25, -0.2) is 9.59 Å². The molecular formula is C20H23ClN2O5. The van der Waals surface area contributed by atoms with Gasteiger partial charge >= 0.3 is 11.9 Å². The van der Waals surface area contributed by atoms with Crippen LogP contribution in [0.25, 0.3) is 0 Å². The molecule has 1 amide bonds. The highest BCUT2D eigenvalue weighted by Gasteiger charge is 2.36. The van der Waals surface area contributed by atoms with E-state index in [1.54, 1.807) is 38.1 Å². The van der Waals surface area contributed by atoms with Crippen LogP contribution < -0.4 is 10.6 Å². The minimum absolute atomic E-state index is 0.0337. The molecule has 0 unspecified atom stereocenters. The molecule has 0 radical (unpaired) electrons. The van der Waals surface area contributed by atoms with Gasteiger partial charge in [0.15, 0.2) is 0 Å². The number of unbranched alkanes of at least 4 members (excludes halogenated alkanes) is 1. The summed E-state index contributed by atoms with van der Waals surface area (Å²) in [5.74, 6) is -3.04. The molecule has 0 aliphatic carbocycles. The van der Waals surface area contributed by atoms with Gasteiger partial charge < -0.3 is 20.8 Å². The van der Waals surface area contributed by atoms with Crippen molar-refractivity contribution in [1.29, 1.82) is 0 Å². The fourth-order valence-electron chi connectivity index (χ4n) is 3.29. The van der Waals surface area contributed by atoms with Gasteiger partial charge in [0.2, 0.25) is 5.91 Å². The third kappa shape index (κ3) is 4.92. The molecule has 0 saturated heterocycles. The molecule has 2 rings (SSSR count). The zero-order valence-corrected chi connectivity index (χ0v) is 16.5. The molecule has 1 aromatic carbocycles. The Morgan fingerprint density at radius 2 is 1.68 bits per heavy atom. The van der Waals surface area contributed by atoms with Crippen LogP contribution in [0.5, 0.6) is 0 Å². The van der Waals surface area contributed by atoms with Crippen molar-refractivity contribution in [2.75, 3.05) is 11.2 Å². The van der Waals surface area contributed by atoms with Crippen LogP contribution in [-0.2, 0) is 14.4 Å². The lowest BCUT2D eigenvalue weighted by atomic mass is 9.80. The average Bonchev–Trinajstić information content (AvgIpc) is 2.60. The van der Waals surface area contributed by atoms with Crippen LogP contribution in [0.4, 0.5) is 5.69 Å². The van der Waals surface area contributed by atoms with E-state index in [4.69, 9.17) is 11.6 Å². The largest absolute Gasteiger partial charge is 0.478 e. The molecule has 28 heavy (non-hydrogen) atoms. The number of aliphatic carboxylic acids is 2. The molecule has 0 atom stereocenters. The SMILES string of the molecule is CC1=C(C(=O)O)C(c2cccc(NC(=O)CCCCCl)c2)C(C(=O)O)=C(C)N1. The smallest absolute Gasteiger partial charge is 0.334 e. The third-order valence-corrected chi connectivity index (χ3v) is 4.78. The Morgan fingerprint density at radius 1 is 1.07 bits per heavy atom. The average molecular weight is 407 g/mol. The number of nitrogens with one attached hydrogen (secondary N) is 2. The second kappa shape index (κ2) is 9.41. The molecule has 1 aromatic rings. The van der Waals surface area contributed by atoms with Crippen molar-refractivity contribution in [2.45, 2.75) is 39.0 Å². The van der Waals surface area contributed by atoms with E-state index in [-0.39, 0.29) is 17.1 Å². The second-order valence-electron chi connectivity index (χ2n) is 6.57. The summed E-state index contributed by atoms with van der Waals surface area (Å²) in [7, 11) is 0. The highest BCUT2D eigenvalue weighted by Crippen LogP contribution is 2.38. The molecule has 1 aliphatic rings. The Kier molecular flexibility index (Phi) is 7.23. The van der Waals surface area contributed by atoms with E-state index in [0.29, 0.717) is 41.4 Å². The summed E-state index contributed by atoms with van der Waals surface area (Å²) in [6.07, 6.45) is 1.73. The fourth-order valence-corrected chi connectivity index (χ4v) is 3.48. The number of carbonyl (C=O) groups is 3. The van der Waals surface area contributed by atoms with Gasteiger partial charge in [-0.05, 0) is 44.4 Å². The number of carbonyl (C=O) groups excluding carboxylic acids is 1. The van der Waals surface area contributed by atoms with Crippen molar-refractivity contribution in [3.8, 4) is 0 Å². The van der Waals surface area contributed by atoms with E-state index in [9.17, 15) is 24.6 Å². The van der Waals surface area contributed by atoms with E-state index in [1.807, 2.05) is 0 Å². The molecular weight excluding hydrogens is 384 g/mol. The van der Waals surface area contributed by atoms with Crippen LogP contribution in [0.15, 0.2) is 46.8 Å². The van der Waals surface area contributed by atoms with E-state index in [2.05, 4.69) is 10.6 Å². The summed E-state index contributed by atoms with van der Waals surface area (Å²) < 4.78 is 0. The Morgan fingerprint density at radius 3 is 2.21 bits per heavy atom. The molecule has 150 valence electrons. The Labute approximate surface area is 168 Å². The van der Waals surface area contributed by atoms with Gasteiger partial charge in [0.05, 0.1) is 17.1 Å². The molecule has 0 fully saturated rings. The van der Waals surface area contributed by atoms with Crippen LogP contribution >= 0.6 is 11.6 Å². The maximum atomic E-state index is 12.1. The van der Waals surface area contributed by atoms with Crippen LogP contribution in [0, 0.1) is 0 Å². The first-order valence-corrected chi connectivity index (χ1v) is 9.40. The van der Waals surface area contributed by atoms with Gasteiger partial charge in [-0.15, -0.1) is 11.6 Å². The summed E-state index contributed by atoms with van der Waals surface area (Å²) in [6.45, 7) is 3.20. The second-order valence-corrected chi connectivity index (χ2v) is 6.94. The van der Waals surface area contributed by atoms with Crippen LogP contribution in [0.2, 0.25) is 0 Å². The first kappa shape index (κ1) is 21.5. The molecule has 8 heteroatoms.